The van der Waals surface area contributed by atoms with Crippen molar-refractivity contribution in [1.82, 2.24) is 4.31 Å². The van der Waals surface area contributed by atoms with Crippen molar-refractivity contribution >= 4 is 31.7 Å². The molecule has 0 aliphatic rings. The van der Waals surface area contributed by atoms with E-state index in [9.17, 15) is 8.42 Å². The van der Waals surface area contributed by atoms with Crippen LogP contribution in [0.1, 0.15) is 6.92 Å². The molecule has 0 saturated heterocycles. The average Bonchev–Trinajstić information content (AvgIpc) is 1.85. The van der Waals surface area contributed by atoms with Crippen LogP contribution in [0.25, 0.3) is 0 Å². The van der Waals surface area contributed by atoms with Gasteiger partial charge in [-0.25, -0.2) is 0 Å². The van der Waals surface area contributed by atoms with Gasteiger partial charge in [0.2, 0.25) is 0 Å². The lowest BCUT2D eigenvalue weighted by Gasteiger charge is -2.19. The molecule has 68 valence electrons. The van der Waals surface area contributed by atoms with Crippen LogP contribution in [-0.4, -0.2) is 37.8 Å². The monoisotopic (exact) mass is 217 g/mol. The van der Waals surface area contributed by atoms with Crippen molar-refractivity contribution in [2.24, 2.45) is 0 Å². The largest absolute Gasteiger partial charge is 0.299 e. The van der Waals surface area contributed by atoms with E-state index in [1.54, 1.807) is 11.8 Å². The van der Waals surface area contributed by atoms with E-state index < -0.39 is 9.24 Å². The molecule has 0 N–H and O–H groups in total. The first kappa shape index (κ1) is 11.6. The first-order chi connectivity index (χ1) is 4.89. The van der Waals surface area contributed by atoms with Crippen LogP contribution < -0.4 is 0 Å². The van der Waals surface area contributed by atoms with E-state index in [4.69, 9.17) is 10.7 Å². The van der Waals surface area contributed by atoms with Gasteiger partial charge >= 0.3 is 0 Å². The molecule has 1 unspecified atom stereocenters. The minimum absolute atomic E-state index is 0.0486. The second-order valence-electron chi connectivity index (χ2n) is 2.26. The summed E-state index contributed by atoms with van der Waals surface area (Å²) in [4.78, 5) is 0. The second kappa shape index (κ2) is 4.54. The first-order valence-electron chi connectivity index (χ1n) is 3.06. The van der Waals surface area contributed by atoms with Gasteiger partial charge in [-0.1, -0.05) is 0 Å². The Morgan fingerprint density at radius 1 is 1.64 bits per heavy atom. The number of thioether (sulfide) groups is 1. The van der Waals surface area contributed by atoms with Crippen LogP contribution in [0.3, 0.4) is 0 Å². The summed E-state index contributed by atoms with van der Waals surface area (Å²) in [7, 11) is 3.05. The lowest BCUT2D eigenvalue weighted by molar-refractivity contribution is 0.425. The fourth-order valence-electron chi connectivity index (χ4n) is 0.561. The SMILES string of the molecule is CSCC(C)N(C)S(=O)(=O)Cl. The van der Waals surface area contributed by atoms with Gasteiger partial charge in [0.15, 0.2) is 0 Å². The molecule has 0 bridgehead atoms. The van der Waals surface area contributed by atoms with Crippen LogP contribution in [0.4, 0.5) is 0 Å². The average molecular weight is 218 g/mol. The van der Waals surface area contributed by atoms with Crippen molar-refractivity contribution in [2.75, 3.05) is 19.1 Å². The molecule has 1 atom stereocenters. The van der Waals surface area contributed by atoms with Gasteiger partial charge in [-0.15, -0.1) is 0 Å². The van der Waals surface area contributed by atoms with Crippen LogP contribution in [-0.2, 0) is 9.24 Å². The maximum Gasteiger partial charge on any atom is 0.299 e. The zero-order valence-corrected chi connectivity index (χ0v) is 9.13. The molecule has 0 amide bonds. The molecule has 0 heterocycles. The molecule has 0 aliphatic carbocycles. The molecular formula is C5H12ClNO2S2. The standard InChI is InChI=1S/C5H12ClNO2S2/c1-5(4-10-3)7(2)11(6,8)9/h5H,4H2,1-3H3. The summed E-state index contributed by atoms with van der Waals surface area (Å²) in [6.07, 6.45) is 1.92. The normalized spacial score (nSPS) is 15.4. The molecule has 0 rings (SSSR count). The fraction of sp³-hybridized carbons (Fsp3) is 1.00. The van der Waals surface area contributed by atoms with Gasteiger partial charge < -0.3 is 0 Å². The van der Waals surface area contributed by atoms with E-state index in [2.05, 4.69) is 0 Å². The highest BCUT2D eigenvalue weighted by atomic mass is 35.7. The summed E-state index contributed by atoms with van der Waals surface area (Å²) in [5, 5.41) is 0. The Bertz CT molecular complexity index is 205. The van der Waals surface area contributed by atoms with E-state index in [0.29, 0.717) is 0 Å². The van der Waals surface area contributed by atoms with Gasteiger partial charge in [-0.05, 0) is 13.2 Å². The molecule has 0 saturated carbocycles. The second-order valence-corrected chi connectivity index (χ2v) is 5.74. The molecule has 0 fully saturated rings. The number of hydrogen-bond acceptors (Lipinski definition) is 3. The van der Waals surface area contributed by atoms with Crippen LogP contribution in [0.15, 0.2) is 0 Å². The highest BCUT2D eigenvalue weighted by Crippen LogP contribution is 2.11. The summed E-state index contributed by atoms with van der Waals surface area (Å²) in [5.41, 5.74) is 0. The Morgan fingerprint density at radius 3 is 2.36 bits per heavy atom. The molecule has 0 spiro atoms. The summed E-state index contributed by atoms with van der Waals surface area (Å²) in [6, 6.07) is -0.0486. The lowest BCUT2D eigenvalue weighted by atomic mass is 10.4. The Labute approximate surface area is 76.6 Å². The van der Waals surface area contributed by atoms with Crippen molar-refractivity contribution in [3.05, 3.63) is 0 Å². The van der Waals surface area contributed by atoms with E-state index in [1.807, 2.05) is 13.2 Å². The smallest absolute Gasteiger partial charge is 0.195 e. The quantitative estimate of drug-likeness (QED) is 0.664. The van der Waals surface area contributed by atoms with Gasteiger partial charge in [0.1, 0.15) is 0 Å². The van der Waals surface area contributed by atoms with Crippen LogP contribution in [0.2, 0.25) is 0 Å². The van der Waals surface area contributed by atoms with Crippen molar-refractivity contribution < 1.29 is 8.42 Å². The molecule has 0 aromatic heterocycles. The van der Waals surface area contributed by atoms with Crippen molar-refractivity contribution in [3.8, 4) is 0 Å². The van der Waals surface area contributed by atoms with E-state index >= 15 is 0 Å². The maximum absolute atomic E-state index is 10.7. The minimum Gasteiger partial charge on any atom is -0.195 e. The Kier molecular flexibility index (Phi) is 4.77. The Balaban J connectivity index is 4.14. The van der Waals surface area contributed by atoms with E-state index in [1.165, 1.54) is 7.05 Å². The molecule has 0 aromatic carbocycles. The summed E-state index contributed by atoms with van der Waals surface area (Å²) in [5.74, 6) is 0.752. The minimum atomic E-state index is -3.53. The predicted octanol–water partition coefficient (Wildman–Crippen LogP) is 1.15. The number of nitrogens with zero attached hydrogens (tertiary/aromatic N) is 1. The van der Waals surface area contributed by atoms with Crippen LogP contribution >= 0.6 is 22.4 Å². The fourth-order valence-corrected chi connectivity index (χ4v) is 2.27. The van der Waals surface area contributed by atoms with E-state index in [-0.39, 0.29) is 6.04 Å². The first-order valence-corrected chi connectivity index (χ1v) is 6.72. The molecule has 0 aliphatic heterocycles. The van der Waals surface area contributed by atoms with E-state index in [0.717, 1.165) is 10.1 Å². The van der Waals surface area contributed by atoms with Crippen molar-refractivity contribution in [2.45, 2.75) is 13.0 Å². The third-order valence-corrected chi connectivity index (χ3v) is 3.89. The number of halogens is 1. The summed E-state index contributed by atoms with van der Waals surface area (Å²) in [6.45, 7) is 1.82. The number of rotatable bonds is 4. The Hall–Kier alpha value is 0.550. The van der Waals surface area contributed by atoms with Crippen molar-refractivity contribution in [1.29, 1.82) is 0 Å². The highest BCUT2D eigenvalue weighted by molar-refractivity contribution is 8.11. The maximum atomic E-state index is 10.7. The molecule has 11 heavy (non-hydrogen) atoms. The summed E-state index contributed by atoms with van der Waals surface area (Å²) >= 11 is 1.59. The van der Waals surface area contributed by atoms with Gasteiger partial charge in [-0.3, -0.25) is 0 Å². The molecule has 6 heteroatoms. The Morgan fingerprint density at radius 2 is 2.09 bits per heavy atom. The third kappa shape index (κ3) is 4.20. The summed E-state index contributed by atoms with van der Waals surface area (Å²) < 4.78 is 22.6. The van der Waals surface area contributed by atoms with Crippen molar-refractivity contribution in [3.63, 3.8) is 0 Å². The third-order valence-electron chi connectivity index (χ3n) is 1.37. The molecule has 0 radical (unpaired) electrons. The molecular weight excluding hydrogens is 206 g/mol. The van der Waals surface area contributed by atoms with Gasteiger partial charge in [0, 0.05) is 29.5 Å². The topological polar surface area (TPSA) is 37.4 Å². The zero-order valence-electron chi connectivity index (χ0n) is 6.74. The molecule has 3 nitrogen and oxygen atoms in total. The molecule has 0 aromatic rings. The van der Waals surface area contributed by atoms with Gasteiger partial charge in [0.25, 0.3) is 9.24 Å². The van der Waals surface area contributed by atoms with Gasteiger partial charge in [0.05, 0.1) is 0 Å². The van der Waals surface area contributed by atoms with Crippen LogP contribution in [0, 0.1) is 0 Å². The lowest BCUT2D eigenvalue weighted by Crippen LogP contribution is -2.33. The number of hydrogen-bond donors (Lipinski definition) is 0. The van der Waals surface area contributed by atoms with Crippen LogP contribution in [0.5, 0.6) is 0 Å². The van der Waals surface area contributed by atoms with Gasteiger partial charge in [-0.2, -0.15) is 24.5 Å². The predicted molar refractivity (Wildman–Crippen MR) is 50.4 cm³/mol. The highest BCUT2D eigenvalue weighted by Gasteiger charge is 2.19. The zero-order chi connectivity index (χ0) is 9.07.